The van der Waals surface area contributed by atoms with Crippen molar-refractivity contribution in [3.8, 4) is 0 Å². The van der Waals surface area contributed by atoms with Crippen LogP contribution in [0.3, 0.4) is 0 Å². The molecule has 1 heterocycles. The first-order chi connectivity index (χ1) is 5.39. The number of aliphatic carboxylic acids is 1. The van der Waals surface area contributed by atoms with E-state index in [1.807, 2.05) is 11.9 Å². The van der Waals surface area contributed by atoms with Crippen molar-refractivity contribution in [1.82, 2.24) is 4.90 Å². The number of hydrogen-bond donors (Lipinski definition) is 1. The first kappa shape index (κ1) is 9.52. The molecule has 1 aliphatic heterocycles. The van der Waals surface area contributed by atoms with Crippen LogP contribution >= 0.6 is 0 Å². The fraction of sp³-hybridized carbons (Fsp3) is 0.889. The van der Waals surface area contributed by atoms with Crippen LogP contribution in [0.2, 0.25) is 0 Å². The predicted molar refractivity (Wildman–Crippen MR) is 47.0 cm³/mol. The molecular weight excluding hydrogens is 154 g/mol. The molecule has 3 nitrogen and oxygen atoms in total. The molecule has 0 aromatic carbocycles. The maximum Gasteiger partial charge on any atom is 0.323 e. The van der Waals surface area contributed by atoms with E-state index in [2.05, 4.69) is 13.8 Å². The molecule has 0 aliphatic carbocycles. The number of carboxylic acids is 1. The zero-order valence-electron chi connectivity index (χ0n) is 8.16. The summed E-state index contributed by atoms with van der Waals surface area (Å²) in [7, 11) is 1.89. The summed E-state index contributed by atoms with van der Waals surface area (Å²) in [4.78, 5) is 12.9. The van der Waals surface area contributed by atoms with Crippen LogP contribution in [0.4, 0.5) is 0 Å². The van der Waals surface area contributed by atoms with Gasteiger partial charge in [0.05, 0.1) is 0 Å². The van der Waals surface area contributed by atoms with Gasteiger partial charge >= 0.3 is 5.97 Å². The van der Waals surface area contributed by atoms with E-state index in [0.29, 0.717) is 12.0 Å². The molecule has 1 fully saturated rings. The largest absolute Gasteiger partial charge is 0.480 e. The third kappa shape index (κ3) is 1.12. The number of carbonyl (C=O) groups is 1. The van der Waals surface area contributed by atoms with Crippen molar-refractivity contribution in [2.75, 3.05) is 7.05 Å². The van der Waals surface area contributed by atoms with Crippen molar-refractivity contribution >= 4 is 5.97 Å². The summed E-state index contributed by atoms with van der Waals surface area (Å²) in [6.45, 7) is 5.99. The minimum absolute atomic E-state index is 0.367. The third-order valence-corrected chi connectivity index (χ3v) is 3.39. The first-order valence-corrected chi connectivity index (χ1v) is 4.36. The topological polar surface area (TPSA) is 40.5 Å². The van der Waals surface area contributed by atoms with Crippen molar-refractivity contribution in [1.29, 1.82) is 0 Å². The monoisotopic (exact) mass is 171 g/mol. The summed E-state index contributed by atoms with van der Waals surface area (Å²) in [6, 6.07) is 0.367. The number of hydrogen-bond acceptors (Lipinski definition) is 2. The molecule has 0 bridgehead atoms. The van der Waals surface area contributed by atoms with Gasteiger partial charge in [0.2, 0.25) is 0 Å². The maximum atomic E-state index is 11.0. The number of rotatable bonds is 1. The minimum atomic E-state index is -0.707. The third-order valence-electron chi connectivity index (χ3n) is 3.39. The first-order valence-electron chi connectivity index (χ1n) is 4.36. The van der Waals surface area contributed by atoms with E-state index in [-0.39, 0.29) is 0 Å². The highest BCUT2D eigenvalue weighted by Gasteiger charge is 2.48. The van der Waals surface area contributed by atoms with Crippen LogP contribution < -0.4 is 0 Å². The number of carboxylic acid groups (broad SMARTS) is 1. The number of likely N-dealkylation sites (N-methyl/N-ethyl adjacent to an activating group) is 1. The van der Waals surface area contributed by atoms with Gasteiger partial charge in [-0.05, 0) is 33.2 Å². The van der Waals surface area contributed by atoms with E-state index < -0.39 is 11.5 Å². The zero-order chi connectivity index (χ0) is 9.52. The van der Waals surface area contributed by atoms with Gasteiger partial charge in [0.25, 0.3) is 0 Å². The Kier molecular flexibility index (Phi) is 2.17. The van der Waals surface area contributed by atoms with E-state index in [1.54, 1.807) is 6.92 Å². The van der Waals surface area contributed by atoms with E-state index in [1.165, 1.54) is 0 Å². The number of likely N-dealkylation sites (tertiary alicyclic amines) is 1. The molecule has 3 atom stereocenters. The lowest BCUT2D eigenvalue weighted by atomic mass is 9.94. The lowest BCUT2D eigenvalue weighted by molar-refractivity contribution is -0.148. The van der Waals surface area contributed by atoms with Crippen LogP contribution in [0, 0.1) is 5.92 Å². The van der Waals surface area contributed by atoms with Gasteiger partial charge in [-0.15, -0.1) is 0 Å². The van der Waals surface area contributed by atoms with Gasteiger partial charge < -0.3 is 5.11 Å². The lowest BCUT2D eigenvalue weighted by Crippen LogP contribution is -2.47. The quantitative estimate of drug-likeness (QED) is 0.644. The molecule has 0 aromatic rings. The second-order valence-electron chi connectivity index (χ2n) is 4.11. The lowest BCUT2D eigenvalue weighted by Gasteiger charge is -2.29. The predicted octanol–water partition coefficient (Wildman–Crippen LogP) is 1.19. The SMILES string of the molecule is CC1CC(C)(C(=O)O)N(C)C1C. The highest BCUT2D eigenvalue weighted by molar-refractivity contribution is 5.78. The Labute approximate surface area is 73.4 Å². The molecule has 0 saturated carbocycles. The maximum absolute atomic E-state index is 11.0. The normalized spacial score (nSPS) is 43.3. The van der Waals surface area contributed by atoms with Gasteiger partial charge in [0.15, 0.2) is 0 Å². The van der Waals surface area contributed by atoms with Crippen molar-refractivity contribution in [3.63, 3.8) is 0 Å². The van der Waals surface area contributed by atoms with Gasteiger partial charge in [-0.2, -0.15) is 0 Å². The summed E-state index contributed by atoms with van der Waals surface area (Å²) in [5.41, 5.74) is -0.654. The second kappa shape index (κ2) is 2.73. The van der Waals surface area contributed by atoms with Gasteiger partial charge in [-0.3, -0.25) is 9.69 Å². The van der Waals surface area contributed by atoms with Gasteiger partial charge in [0, 0.05) is 6.04 Å². The molecular formula is C9H17NO2. The number of nitrogens with zero attached hydrogens (tertiary/aromatic N) is 1. The van der Waals surface area contributed by atoms with Gasteiger partial charge in [-0.25, -0.2) is 0 Å². The smallest absolute Gasteiger partial charge is 0.323 e. The minimum Gasteiger partial charge on any atom is -0.480 e. The molecule has 1 N–H and O–H groups in total. The molecule has 0 spiro atoms. The highest BCUT2D eigenvalue weighted by atomic mass is 16.4. The zero-order valence-corrected chi connectivity index (χ0v) is 8.16. The summed E-state index contributed by atoms with van der Waals surface area (Å²) in [6.07, 6.45) is 0.750. The molecule has 70 valence electrons. The Morgan fingerprint density at radius 2 is 2.08 bits per heavy atom. The fourth-order valence-electron chi connectivity index (χ4n) is 2.01. The molecule has 1 rings (SSSR count). The van der Waals surface area contributed by atoms with Gasteiger partial charge in [0.1, 0.15) is 5.54 Å². The Morgan fingerprint density at radius 3 is 2.25 bits per heavy atom. The van der Waals surface area contributed by atoms with Gasteiger partial charge in [-0.1, -0.05) is 6.92 Å². The van der Waals surface area contributed by atoms with Crippen molar-refractivity contribution in [3.05, 3.63) is 0 Å². The summed E-state index contributed by atoms with van der Waals surface area (Å²) < 4.78 is 0. The van der Waals surface area contributed by atoms with Crippen LogP contribution in [-0.2, 0) is 4.79 Å². The Balaban J connectivity index is 2.89. The second-order valence-corrected chi connectivity index (χ2v) is 4.11. The van der Waals surface area contributed by atoms with Crippen molar-refractivity contribution in [2.45, 2.75) is 38.8 Å². The van der Waals surface area contributed by atoms with Crippen LogP contribution in [0.5, 0.6) is 0 Å². The molecule has 0 aromatic heterocycles. The molecule has 1 saturated heterocycles. The van der Waals surface area contributed by atoms with E-state index >= 15 is 0 Å². The Hall–Kier alpha value is -0.570. The van der Waals surface area contributed by atoms with Crippen molar-refractivity contribution in [2.24, 2.45) is 5.92 Å². The van der Waals surface area contributed by atoms with Crippen LogP contribution in [0.15, 0.2) is 0 Å². The summed E-state index contributed by atoms with van der Waals surface area (Å²) in [5, 5.41) is 9.04. The van der Waals surface area contributed by atoms with Crippen LogP contribution in [-0.4, -0.2) is 34.6 Å². The molecule has 3 heteroatoms. The fourth-order valence-corrected chi connectivity index (χ4v) is 2.01. The molecule has 0 amide bonds. The van der Waals surface area contributed by atoms with E-state index in [9.17, 15) is 4.79 Å². The Bertz CT molecular complexity index is 205. The Morgan fingerprint density at radius 1 is 1.58 bits per heavy atom. The van der Waals surface area contributed by atoms with Crippen LogP contribution in [0.25, 0.3) is 0 Å². The summed E-state index contributed by atoms with van der Waals surface area (Å²) >= 11 is 0. The van der Waals surface area contributed by atoms with E-state index in [0.717, 1.165) is 6.42 Å². The van der Waals surface area contributed by atoms with E-state index in [4.69, 9.17) is 5.11 Å². The average molecular weight is 171 g/mol. The molecule has 1 aliphatic rings. The molecule has 3 unspecified atom stereocenters. The average Bonchev–Trinajstić information content (AvgIpc) is 2.17. The molecule has 0 radical (unpaired) electrons. The highest BCUT2D eigenvalue weighted by Crippen LogP contribution is 2.36. The molecule has 12 heavy (non-hydrogen) atoms. The standard InChI is InChI=1S/C9H17NO2/c1-6-5-9(3,8(11)12)10(4)7(6)2/h6-7H,5H2,1-4H3,(H,11,12). The summed E-state index contributed by atoms with van der Waals surface area (Å²) in [5.74, 6) is -0.239. The van der Waals surface area contributed by atoms with Crippen molar-refractivity contribution < 1.29 is 9.90 Å². The van der Waals surface area contributed by atoms with Crippen LogP contribution in [0.1, 0.15) is 27.2 Å².